The summed E-state index contributed by atoms with van der Waals surface area (Å²) in [4.78, 5) is 77.9. The summed E-state index contributed by atoms with van der Waals surface area (Å²) < 4.78 is 5.23. The summed E-state index contributed by atoms with van der Waals surface area (Å²) >= 11 is 0. The van der Waals surface area contributed by atoms with Gasteiger partial charge in [-0.2, -0.15) is 0 Å². The van der Waals surface area contributed by atoms with Crippen LogP contribution < -0.4 is 10.6 Å². The second kappa shape index (κ2) is 13.8. The van der Waals surface area contributed by atoms with E-state index in [4.69, 9.17) is 4.74 Å². The maximum Gasteiger partial charge on any atom is 0.326 e. The molecule has 5 N–H and O–H groups in total. The molecule has 0 bridgehead atoms. The van der Waals surface area contributed by atoms with E-state index in [-0.39, 0.29) is 36.4 Å². The Hall–Kier alpha value is -4.32. The molecule has 268 valence electrons. The number of aromatic amines is 1. The molecule has 2 aromatic rings. The minimum absolute atomic E-state index is 0.0200. The van der Waals surface area contributed by atoms with Crippen LogP contribution in [0.5, 0.6) is 0 Å². The quantitative estimate of drug-likeness (QED) is 0.207. The number of benzene rings is 1. The third kappa shape index (κ3) is 6.50. The summed E-state index contributed by atoms with van der Waals surface area (Å²) in [6, 6.07) is 6.19. The third-order valence-electron chi connectivity index (χ3n) is 12.7. The predicted molar refractivity (Wildman–Crippen MR) is 181 cm³/mol. The fraction of sp³-hybridized carbons (Fsp3) is 0.579. The van der Waals surface area contributed by atoms with Crippen molar-refractivity contribution in [3.8, 4) is 0 Å². The first-order valence-corrected chi connectivity index (χ1v) is 17.7. The summed E-state index contributed by atoms with van der Waals surface area (Å²) in [6.07, 6.45) is 8.75. The van der Waals surface area contributed by atoms with E-state index in [9.17, 15) is 39.0 Å². The van der Waals surface area contributed by atoms with Gasteiger partial charge in [0.1, 0.15) is 11.6 Å². The highest BCUT2D eigenvalue weighted by molar-refractivity contribution is 5.93. The lowest BCUT2D eigenvalue weighted by atomic mass is 9.46. The van der Waals surface area contributed by atoms with Gasteiger partial charge in [-0.25, -0.2) is 4.79 Å². The normalized spacial score (nSPS) is 30.7. The van der Waals surface area contributed by atoms with Crippen molar-refractivity contribution in [2.45, 2.75) is 96.1 Å². The standard InChI is InChI=1S/C38H47N3O9/c1-36-14-11-24(42)18-23(36)7-8-26-27(36)12-15-37(2)28(26)13-16-38(37,49)31(43)21-50-34(46)10-9-32(44)40-20-33(45)41-30(35(47)48)17-22-19-39-29-6-4-3-5-25(22)29/h3-6,18-19,26-28,30,39,49H,7-17,20-21H2,1-2H3,(H,40,44)(H,41,45)(H,47,48)/t26?,27?,28?,30?,36-,37-,38-/m0/s1. The Morgan fingerprint density at radius 3 is 2.52 bits per heavy atom. The maximum atomic E-state index is 13.5. The predicted octanol–water partition coefficient (Wildman–Crippen LogP) is 3.55. The number of carboxylic acid groups (broad SMARTS) is 1. The summed E-state index contributed by atoms with van der Waals surface area (Å²) in [5, 5.41) is 27.2. The molecule has 1 aromatic carbocycles. The van der Waals surface area contributed by atoms with Crippen molar-refractivity contribution in [1.29, 1.82) is 0 Å². The number of para-hydroxylation sites is 1. The van der Waals surface area contributed by atoms with Gasteiger partial charge in [0.2, 0.25) is 17.6 Å². The number of carboxylic acids is 1. The van der Waals surface area contributed by atoms with E-state index in [0.29, 0.717) is 37.5 Å². The van der Waals surface area contributed by atoms with Crippen LogP contribution in [-0.2, 0) is 39.9 Å². The number of aliphatic hydroxyl groups is 1. The van der Waals surface area contributed by atoms with Gasteiger partial charge >= 0.3 is 11.9 Å². The molecule has 7 atom stereocenters. The number of hydrogen-bond donors (Lipinski definition) is 5. The first-order valence-electron chi connectivity index (χ1n) is 17.7. The molecule has 2 amide bonds. The SMILES string of the molecule is C[C@]12CCC(=O)C=C1CCC1C2CC[C@@]2(C)C1CC[C@]2(O)C(=O)COC(=O)CCC(=O)NCC(=O)NC(Cc1c[nH]c2ccccc12)C(=O)O. The zero-order chi connectivity index (χ0) is 35.8. The number of ketones is 2. The molecule has 1 aromatic heterocycles. The third-order valence-corrected chi connectivity index (χ3v) is 12.7. The summed E-state index contributed by atoms with van der Waals surface area (Å²) in [7, 11) is 0. The van der Waals surface area contributed by atoms with Crippen molar-refractivity contribution in [2.24, 2.45) is 28.6 Å². The van der Waals surface area contributed by atoms with Crippen molar-refractivity contribution >= 4 is 46.2 Å². The highest BCUT2D eigenvalue weighted by Gasteiger charge is 2.66. The molecule has 12 nitrogen and oxygen atoms in total. The van der Waals surface area contributed by atoms with Crippen molar-refractivity contribution < 1.29 is 43.7 Å². The zero-order valence-electron chi connectivity index (χ0n) is 28.7. The van der Waals surface area contributed by atoms with E-state index in [2.05, 4.69) is 22.5 Å². The number of aromatic nitrogens is 1. The highest BCUT2D eigenvalue weighted by Crippen LogP contribution is 2.67. The molecule has 0 spiro atoms. The van der Waals surface area contributed by atoms with Gasteiger partial charge in [-0.3, -0.25) is 24.0 Å². The van der Waals surface area contributed by atoms with Crippen LogP contribution in [0.2, 0.25) is 0 Å². The van der Waals surface area contributed by atoms with Gasteiger partial charge < -0.3 is 30.6 Å². The molecule has 4 aliphatic carbocycles. The van der Waals surface area contributed by atoms with E-state index in [1.54, 1.807) is 6.20 Å². The Morgan fingerprint density at radius 2 is 1.74 bits per heavy atom. The zero-order valence-corrected chi connectivity index (χ0v) is 28.7. The molecule has 6 rings (SSSR count). The number of Topliss-reactive ketones (excluding diaryl/α,β-unsaturated/α-hetero) is 1. The van der Waals surface area contributed by atoms with Crippen LogP contribution in [0, 0.1) is 28.6 Å². The molecule has 4 unspecified atom stereocenters. The van der Waals surface area contributed by atoms with Crippen LogP contribution in [0.15, 0.2) is 42.1 Å². The average molecular weight is 690 g/mol. The number of fused-ring (bicyclic) bond motifs is 6. The van der Waals surface area contributed by atoms with Crippen molar-refractivity contribution in [3.63, 3.8) is 0 Å². The molecule has 50 heavy (non-hydrogen) atoms. The first-order chi connectivity index (χ1) is 23.7. The molecule has 0 radical (unpaired) electrons. The Bertz CT molecular complexity index is 1750. The van der Waals surface area contributed by atoms with Crippen molar-refractivity contribution in [3.05, 3.63) is 47.7 Å². The molecular weight excluding hydrogens is 642 g/mol. The number of hydrogen-bond acceptors (Lipinski definition) is 8. The Morgan fingerprint density at radius 1 is 0.980 bits per heavy atom. The molecule has 0 aliphatic heterocycles. The number of carbonyl (C=O) groups is 6. The lowest BCUT2D eigenvalue weighted by molar-refractivity contribution is -0.170. The Labute approximate surface area is 290 Å². The smallest absolute Gasteiger partial charge is 0.326 e. The number of allylic oxidation sites excluding steroid dienone is 1. The van der Waals surface area contributed by atoms with Gasteiger partial charge in [-0.15, -0.1) is 0 Å². The fourth-order valence-corrected chi connectivity index (χ4v) is 9.82. The van der Waals surface area contributed by atoms with E-state index in [0.717, 1.165) is 42.1 Å². The topological polar surface area (TPSA) is 192 Å². The number of rotatable bonds is 12. The summed E-state index contributed by atoms with van der Waals surface area (Å²) in [5.41, 5.74) is 0.552. The van der Waals surface area contributed by atoms with Gasteiger partial charge in [0, 0.05) is 41.8 Å². The average Bonchev–Trinajstić information content (AvgIpc) is 3.63. The van der Waals surface area contributed by atoms with Crippen LogP contribution in [0.1, 0.15) is 83.6 Å². The molecule has 0 saturated heterocycles. The molecule has 12 heteroatoms. The number of carbonyl (C=O) groups excluding carboxylic acids is 5. The Balaban J connectivity index is 0.945. The fourth-order valence-electron chi connectivity index (χ4n) is 9.82. The number of esters is 1. The van der Waals surface area contributed by atoms with E-state index in [1.807, 2.05) is 37.3 Å². The minimum atomic E-state index is -1.62. The molecule has 3 fully saturated rings. The minimum Gasteiger partial charge on any atom is -0.480 e. The van der Waals surface area contributed by atoms with Crippen LogP contribution in [0.25, 0.3) is 10.9 Å². The van der Waals surface area contributed by atoms with Crippen LogP contribution >= 0.6 is 0 Å². The number of amides is 2. The van der Waals surface area contributed by atoms with Gasteiger partial charge in [0.25, 0.3) is 0 Å². The Kier molecular flexibility index (Phi) is 9.78. The van der Waals surface area contributed by atoms with Crippen molar-refractivity contribution in [2.75, 3.05) is 13.2 Å². The van der Waals surface area contributed by atoms with Gasteiger partial charge in [-0.05, 0) is 85.8 Å². The molecule has 3 saturated carbocycles. The number of H-pyrrole nitrogens is 1. The number of nitrogens with one attached hydrogen (secondary N) is 3. The van der Waals surface area contributed by atoms with Crippen LogP contribution in [0.3, 0.4) is 0 Å². The van der Waals surface area contributed by atoms with E-state index >= 15 is 0 Å². The number of ether oxygens (including phenoxy) is 1. The highest BCUT2D eigenvalue weighted by atomic mass is 16.5. The van der Waals surface area contributed by atoms with Crippen molar-refractivity contribution in [1.82, 2.24) is 15.6 Å². The van der Waals surface area contributed by atoms with Gasteiger partial charge in [0.15, 0.2) is 12.4 Å². The summed E-state index contributed by atoms with van der Waals surface area (Å²) in [6.45, 7) is 3.22. The second-order valence-corrected chi connectivity index (χ2v) is 15.2. The molecular formula is C38H47N3O9. The lowest BCUT2D eigenvalue weighted by Crippen LogP contribution is -2.58. The number of aliphatic carboxylic acids is 1. The van der Waals surface area contributed by atoms with Gasteiger partial charge in [-0.1, -0.05) is 37.6 Å². The summed E-state index contributed by atoms with van der Waals surface area (Å²) in [5.74, 6) is -2.71. The molecule has 4 aliphatic rings. The lowest BCUT2D eigenvalue weighted by Gasteiger charge is -2.58. The van der Waals surface area contributed by atoms with Crippen LogP contribution in [-0.4, -0.2) is 75.3 Å². The maximum absolute atomic E-state index is 13.5. The second-order valence-electron chi connectivity index (χ2n) is 15.2. The molecule has 1 heterocycles. The van der Waals surface area contributed by atoms with E-state index < -0.39 is 59.7 Å². The first kappa shape index (κ1) is 35.5. The largest absolute Gasteiger partial charge is 0.480 e. The van der Waals surface area contributed by atoms with Gasteiger partial charge in [0.05, 0.1) is 13.0 Å². The van der Waals surface area contributed by atoms with E-state index in [1.165, 1.54) is 5.57 Å². The van der Waals surface area contributed by atoms with Crippen LogP contribution in [0.4, 0.5) is 0 Å². The monoisotopic (exact) mass is 689 g/mol.